The van der Waals surface area contributed by atoms with Crippen molar-refractivity contribution in [3.63, 3.8) is 0 Å². The Morgan fingerprint density at radius 3 is 2.55 bits per heavy atom. The maximum Gasteiger partial charge on any atom is 0.143 e. The van der Waals surface area contributed by atoms with Crippen LogP contribution in [0.5, 0.6) is 5.75 Å². The Morgan fingerprint density at radius 1 is 1.10 bits per heavy atom. The first-order valence-corrected chi connectivity index (χ1v) is 7.45. The molecule has 0 aromatic heterocycles. The average Bonchev–Trinajstić information content (AvgIpc) is 2.41. The molecule has 0 radical (unpaired) electrons. The molecule has 2 nitrogen and oxygen atoms in total. The Balaban J connectivity index is 2.25. The van der Waals surface area contributed by atoms with Crippen molar-refractivity contribution in [2.45, 2.75) is 27.3 Å². The van der Waals surface area contributed by atoms with Crippen molar-refractivity contribution in [2.75, 3.05) is 12.4 Å². The summed E-state index contributed by atoms with van der Waals surface area (Å²) in [5.74, 6) is 0.863. The van der Waals surface area contributed by atoms with Crippen molar-refractivity contribution in [1.29, 1.82) is 0 Å². The standard InChI is InChI=1S/C17H20BrNO/c1-11-6-5-7-14(13(11)3)10-19-17-12(2)8-15(18)9-16(17)20-4/h5-9,19H,10H2,1-4H3. The zero-order valence-corrected chi connectivity index (χ0v) is 14.0. The summed E-state index contributed by atoms with van der Waals surface area (Å²) in [6.07, 6.45) is 0. The monoisotopic (exact) mass is 333 g/mol. The third-order valence-electron chi connectivity index (χ3n) is 3.66. The van der Waals surface area contributed by atoms with E-state index < -0.39 is 0 Å². The molecule has 1 N–H and O–H groups in total. The number of anilines is 1. The summed E-state index contributed by atoms with van der Waals surface area (Å²) in [6.45, 7) is 7.19. The molecule has 0 aliphatic rings. The molecule has 0 fully saturated rings. The maximum absolute atomic E-state index is 5.46. The van der Waals surface area contributed by atoms with Gasteiger partial charge in [-0.15, -0.1) is 0 Å². The lowest BCUT2D eigenvalue weighted by Crippen LogP contribution is -2.05. The minimum atomic E-state index is 0.798. The van der Waals surface area contributed by atoms with Gasteiger partial charge in [-0.25, -0.2) is 0 Å². The summed E-state index contributed by atoms with van der Waals surface area (Å²) in [4.78, 5) is 0. The SMILES string of the molecule is COc1cc(Br)cc(C)c1NCc1cccc(C)c1C. The molecule has 0 unspecified atom stereocenters. The second-order valence-corrected chi connectivity index (χ2v) is 5.93. The third kappa shape index (κ3) is 3.15. The fourth-order valence-corrected chi connectivity index (χ4v) is 2.84. The van der Waals surface area contributed by atoms with Gasteiger partial charge < -0.3 is 10.1 Å². The van der Waals surface area contributed by atoms with Crippen molar-refractivity contribution in [1.82, 2.24) is 0 Å². The van der Waals surface area contributed by atoms with E-state index in [4.69, 9.17) is 4.74 Å². The summed E-state index contributed by atoms with van der Waals surface area (Å²) >= 11 is 3.50. The minimum absolute atomic E-state index is 0.798. The summed E-state index contributed by atoms with van der Waals surface area (Å²) in [5, 5.41) is 3.50. The third-order valence-corrected chi connectivity index (χ3v) is 4.11. The van der Waals surface area contributed by atoms with E-state index in [0.29, 0.717) is 0 Å². The van der Waals surface area contributed by atoms with Crippen LogP contribution in [0.4, 0.5) is 5.69 Å². The molecule has 106 valence electrons. The van der Waals surface area contributed by atoms with Gasteiger partial charge in [0, 0.05) is 11.0 Å². The van der Waals surface area contributed by atoms with E-state index in [9.17, 15) is 0 Å². The van der Waals surface area contributed by atoms with Gasteiger partial charge in [-0.2, -0.15) is 0 Å². The summed E-state index contributed by atoms with van der Waals surface area (Å²) < 4.78 is 6.49. The van der Waals surface area contributed by atoms with Crippen LogP contribution < -0.4 is 10.1 Å². The molecular formula is C17H20BrNO. The number of halogens is 1. The molecule has 0 amide bonds. The second kappa shape index (κ2) is 6.31. The van der Waals surface area contributed by atoms with Crippen LogP contribution in [0.3, 0.4) is 0 Å². The summed E-state index contributed by atoms with van der Waals surface area (Å²) in [7, 11) is 1.70. The molecule has 0 heterocycles. The Kier molecular flexibility index (Phi) is 4.71. The normalized spacial score (nSPS) is 10.4. The highest BCUT2D eigenvalue weighted by molar-refractivity contribution is 9.10. The van der Waals surface area contributed by atoms with Gasteiger partial charge >= 0.3 is 0 Å². The molecule has 2 aromatic rings. The molecule has 20 heavy (non-hydrogen) atoms. The zero-order chi connectivity index (χ0) is 14.7. The predicted octanol–water partition coefficient (Wildman–Crippen LogP) is 5.00. The molecule has 0 aliphatic heterocycles. The van der Waals surface area contributed by atoms with Crippen LogP contribution in [0.25, 0.3) is 0 Å². The maximum atomic E-state index is 5.46. The molecular weight excluding hydrogens is 314 g/mol. The fraction of sp³-hybridized carbons (Fsp3) is 0.294. The van der Waals surface area contributed by atoms with Crippen LogP contribution in [-0.2, 0) is 6.54 Å². The van der Waals surface area contributed by atoms with Gasteiger partial charge in [-0.1, -0.05) is 34.1 Å². The first-order chi connectivity index (χ1) is 9.52. The lowest BCUT2D eigenvalue weighted by Gasteiger charge is -2.16. The van der Waals surface area contributed by atoms with Crippen molar-refractivity contribution in [3.8, 4) is 5.75 Å². The summed E-state index contributed by atoms with van der Waals surface area (Å²) in [5.41, 5.74) is 6.20. The van der Waals surface area contributed by atoms with E-state index in [-0.39, 0.29) is 0 Å². The van der Waals surface area contributed by atoms with Crippen molar-refractivity contribution in [3.05, 3.63) is 57.1 Å². The van der Waals surface area contributed by atoms with E-state index in [2.05, 4.69) is 66.3 Å². The van der Waals surface area contributed by atoms with E-state index >= 15 is 0 Å². The second-order valence-electron chi connectivity index (χ2n) is 5.01. The number of nitrogens with one attached hydrogen (secondary N) is 1. The van der Waals surface area contributed by atoms with Crippen LogP contribution in [-0.4, -0.2) is 7.11 Å². The highest BCUT2D eigenvalue weighted by atomic mass is 79.9. The summed E-state index contributed by atoms with van der Waals surface area (Å²) in [6, 6.07) is 10.5. The minimum Gasteiger partial charge on any atom is -0.495 e. The zero-order valence-electron chi connectivity index (χ0n) is 12.4. The molecule has 0 bridgehead atoms. The van der Waals surface area contributed by atoms with Gasteiger partial charge in [0.1, 0.15) is 5.75 Å². The number of hydrogen-bond acceptors (Lipinski definition) is 2. The molecule has 2 aromatic carbocycles. The van der Waals surface area contributed by atoms with Gasteiger partial charge in [0.25, 0.3) is 0 Å². The molecule has 0 aliphatic carbocycles. The molecule has 0 saturated carbocycles. The van der Waals surface area contributed by atoms with Crippen LogP contribution in [0.1, 0.15) is 22.3 Å². The van der Waals surface area contributed by atoms with Gasteiger partial charge in [0.05, 0.1) is 12.8 Å². The Bertz CT molecular complexity index is 623. The molecule has 0 atom stereocenters. The predicted molar refractivity (Wildman–Crippen MR) is 88.7 cm³/mol. The van der Waals surface area contributed by atoms with Gasteiger partial charge in [0.2, 0.25) is 0 Å². The Hall–Kier alpha value is -1.48. The van der Waals surface area contributed by atoms with E-state index in [1.54, 1.807) is 7.11 Å². The topological polar surface area (TPSA) is 21.3 Å². The molecule has 3 heteroatoms. The number of hydrogen-bond donors (Lipinski definition) is 1. The van der Waals surface area contributed by atoms with Gasteiger partial charge in [-0.3, -0.25) is 0 Å². The van der Waals surface area contributed by atoms with Gasteiger partial charge in [0.15, 0.2) is 0 Å². The van der Waals surface area contributed by atoms with E-state index in [1.807, 2.05) is 6.07 Å². The number of ether oxygens (including phenoxy) is 1. The van der Waals surface area contributed by atoms with Crippen LogP contribution in [0.15, 0.2) is 34.8 Å². The first-order valence-electron chi connectivity index (χ1n) is 6.66. The quantitative estimate of drug-likeness (QED) is 0.850. The van der Waals surface area contributed by atoms with Crippen LogP contribution in [0.2, 0.25) is 0 Å². The average molecular weight is 334 g/mol. The van der Waals surface area contributed by atoms with Crippen molar-refractivity contribution >= 4 is 21.6 Å². The first kappa shape index (κ1) is 14.9. The molecule has 0 saturated heterocycles. The highest BCUT2D eigenvalue weighted by Gasteiger charge is 2.09. The number of rotatable bonds is 4. The number of methoxy groups -OCH3 is 1. The van der Waals surface area contributed by atoms with E-state index in [0.717, 1.165) is 22.5 Å². The number of benzene rings is 2. The Labute approximate surface area is 129 Å². The van der Waals surface area contributed by atoms with Crippen LogP contribution in [0, 0.1) is 20.8 Å². The highest BCUT2D eigenvalue weighted by Crippen LogP contribution is 2.32. The molecule has 0 spiro atoms. The Morgan fingerprint density at radius 2 is 1.85 bits per heavy atom. The largest absolute Gasteiger partial charge is 0.495 e. The fourth-order valence-electron chi connectivity index (χ4n) is 2.29. The van der Waals surface area contributed by atoms with Crippen molar-refractivity contribution < 1.29 is 4.74 Å². The van der Waals surface area contributed by atoms with Gasteiger partial charge in [-0.05, 0) is 55.2 Å². The van der Waals surface area contributed by atoms with Crippen LogP contribution >= 0.6 is 15.9 Å². The van der Waals surface area contributed by atoms with Crippen molar-refractivity contribution in [2.24, 2.45) is 0 Å². The lowest BCUT2D eigenvalue weighted by atomic mass is 10.0. The van der Waals surface area contributed by atoms with E-state index in [1.165, 1.54) is 22.3 Å². The number of aryl methyl sites for hydroxylation is 2. The lowest BCUT2D eigenvalue weighted by molar-refractivity contribution is 0.416. The molecule has 2 rings (SSSR count). The smallest absolute Gasteiger partial charge is 0.143 e.